The first-order valence-corrected chi connectivity index (χ1v) is 11.7. The second kappa shape index (κ2) is 17.5. The van der Waals surface area contributed by atoms with Gasteiger partial charge in [0.15, 0.2) is 5.96 Å². The number of hydrogen-bond acceptors (Lipinski definition) is 8. The van der Waals surface area contributed by atoms with E-state index in [0.717, 1.165) is 0 Å². The molecule has 0 heterocycles. The maximum absolute atomic E-state index is 12.8. The molecule has 13 N–H and O–H groups in total. The fourth-order valence-corrected chi connectivity index (χ4v) is 3.15. The van der Waals surface area contributed by atoms with Crippen LogP contribution >= 0.6 is 0 Å². The number of nitrogens with zero attached hydrogens (tertiary/aromatic N) is 1. The summed E-state index contributed by atoms with van der Waals surface area (Å²) in [4.78, 5) is 53.2. The van der Waals surface area contributed by atoms with Crippen molar-refractivity contribution in [2.75, 3.05) is 19.7 Å². The maximum atomic E-state index is 12.8. The Kier molecular flexibility index (Phi) is 16.0. The van der Waals surface area contributed by atoms with Crippen LogP contribution in [0.2, 0.25) is 0 Å². The Hall–Kier alpha value is -2.97. The molecule has 4 atom stereocenters. The van der Waals surface area contributed by atoms with Crippen molar-refractivity contribution in [2.24, 2.45) is 33.8 Å². The molecule has 0 spiro atoms. The summed E-state index contributed by atoms with van der Waals surface area (Å²) in [5, 5.41) is 26.3. The Balaban J connectivity index is 5.26. The molecule has 14 heteroatoms. The topological polar surface area (TPSA) is 261 Å². The van der Waals surface area contributed by atoms with Crippen LogP contribution in [0.25, 0.3) is 0 Å². The number of nitrogens with one attached hydrogen (secondary N) is 3. The fraction of sp³-hybridized carbons (Fsp3) is 0.762. The van der Waals surface area contributed by atoms with Crippen molar-refractivity contribution in [1.82, 2.24) is 16.0 Å². The number of aliphatic carboxylic acids is 1. The van der Waals surface area contributed by atoms with E-state index in [1.54, 1.807) is 0 Å². The first-order valence-electron chi connectivity index (χ1n) is 11.7. The molecule has 0 aliphatic carbocycles. The van der Waals surface area contributed by atoms with E-state index in [1.165, 1.54) is 0 Å². The number of aliphatic hydroxyl groups excluding tert-OH is 1. The molecule has 0 aromatic rings. The smallest absolute Gasteiger partial charge is 0.326 e. The minimum absolute atomic E-state index is 0.0599. The lowest BCUT2D eigenvalue weighted by Gasteiger charge is -2.24. The molecule has 0 aromatic carbocycles. The lowest BCUT2D eigenvalue weighted by atomic mass is 10.0. The lowest BCUT2D eigenvalue weighted by Crippen LogP contribution is -2.58. The highest BCUT2D eigenvalue weighted by molar-refractivity contribution is 5.94. The van der Waals surface area contributed by atoms with Gasteiger partial charge in [0, 0.05) is 6.54 Å². The first-order chi connectivity index (χ1) is 16.4. The van der Waals surface area contributed by atoms with E-state index in [0.29, 0.717) is 32.2 Å². The zero-order valence-corrected chi connectivity index (χ0v) is 20.5. The minimum atomic E-state index is -1.33. The third-order valence-corrected chi connectivity index (χ3v) is 5.02. The van der Waals surface area contributed by atoms with Gasteiger partial charge in [-0.1, -0.05) is 13.8 Å². The molecular formula is C21H42N8O6. The third kappa shape index (κ3) is 14.1. The van der Waals surface area contributed by atoms with Crippen molar-refractivity contribution < 1.29 is 29.4 Å². The maximum Gasteiger partial charge on any atom is 0.326 e. The molecule has 0 radical (unpaired) electrons. The number of nitrogens with two attached hydrogens (primary N) is 4. The van der Waals surface area contributed by atoms with Crippen LogP contribution in [-0.4, -0.2) is 83.7 Å². The SMILES string of the molecule is CC(C)CC(N)C(=O)NC(CO)C(=O)NC(CCCCN)C(=O)NC(CCCN=C(N)N)C(=O)O. The molecular weight excluding hydrogens is 460 g/mol. The van der Waals surface area contributed by atoms with Gasteiger partial charge in [0.25, 0.3) is 0 Å². The lowest BCUT2D eigenvalue weighted by molar-refractivity contribution is -0.142. The monoisotopic (exact) mass is 502 g/mol. The zero-order chi connectivity index (χ0) is 27.0. The van der Waals surface area contributed by atoms with Gasteiger partial charge < -0.3 is 49.1 Å². The molecule has 0 aliphatic heterocycles. The van der Waals surface area contributed by atoms with Crippen LogP contribution in [0.5, 0.6) is 0 Å². The second-order valence-electron chi connectivity index (χ2n) is 8.67. The molecule has 202 valence electrons. The first kappa shape index (κ1) is 32.0. The largest absolute Gasteiger partial charge is 0.480 e. The molecule has 3 amide bonds. The number of carbonyl (C=O) groups is 4. The standard InChI is InChI=1S/C21H42N8O6/c1-12(2)10-13(23)17(31)29-16(11-30)19(33)27-14(6-3-4-8-22)18(32)28-15(20(34)35)7-5-9-26-21(24)25/h12-16,30H,3-11,22-23H2,1-2H3,(H,27,33)(H,28,32)(H,29,31)(H,34,35)(H4,24,25,26). The number of aliphatic imine (C=N–C) groups is 1. The van der Waals surface area contributed by atoms with Gasteiger partial charge in [0.05, 0.1) is 12.6 Å². The quantitative estimate of drug-likeness (QED) is 0.0523. The van der Waals surface area contributed by atoms with Crippen LogP contribution < -0.4 is 38.9 Å². The minimum Gasteiger partial charge on any atom is -0.480 e. The van der Waals surface area contributed by atoms with Gasteiger partial charge in [-0.3, -0.25) is 19.4 Å². The molecule has 4 unspecified atom stereocenters. The number of guanidine groups is 1. The third-order valence-electron chi connectivity index (χ3n) is 5.02. The van der Waals surface area contributed by atoms with Crippen LogP contribution in [0.1, 0.15) is 52.4 Å². The van der Waals surface area contributed by atoms with Crippen molar-refractivity contribution in [1.29, 1.82) is 0 Å². The summed E-state index contributed by atoms with van der Waals surface area (Å²) in [5.74, 6) is -3.36. The van der Waals surface area contributed by atoms with Crippen molar-refractivity contribution >= 4 is 29.7 Å². The summed E-state index contributed by atoms with van der Waals surface area (Å²) in [6.07, 6.45) is 1.97. The number of aliphatic hydroxyl groups is 1. The van der Waals surface area contributed by atoms with Gasteiger partial charge in [0.1, 0.15) is 18.1 Å². The normalized spacial score (nSPS) is 14.3. The Morgan fingerprint density at radius 2 is 1.40 bits per heavy atom. The molecule has 0 bridgehead atoms. The van der Waals surface area contributed by atoms with Crippen LogP contribution in [0, 0.1) is 5.92 Å². The van der Waals surface area contributed by atoms with Gasteiger partial charge in [-0.25, -0.2) is 4.79 Å². The molecule has 35 heavy (non-hydrogen) atoms. The summed E-state index contributed by atoms with van der Waals surface area (Å²) in [6, 6.07) is -4.53. The number of carbonyl (C=O) groups excluding carboxylic acids is 3. The number of carboxylic acids is 1. The predicted octanol–water partition coefficient (Wildman–Crippen LogP) is -2.93. The number of hydrogen-bond donors (Lipinski definition) is 9. The van der Waals surface area contributed by atoms with E-state index in [9.17, 15) is 29.4 Å². The highest BCUT2D eigenvalue weighted by atomic mass is 16.4. The van der Waals surface area contributed by atoms with E-state index in [2.05, 4.69) is 20.9 Å². The fourth-order valence-electron chi connectivity index (χ4n) is 3.15. The van der Waals surface area contributed by atoms with Crippen molar-refractivity contribution in [3.05, 3.63) is 0 Å². The zero-order valence-electron chi connectivity index (χ0n) is 20.5. The number of amides is 3. The van der Waals surface area contributed by atoms with Crippen LogP contribution in [0.4, 0.5) is 0 Å². The van der Waals surface area contributed by atoms with Crippen molar-refractivity contribution in [3.8, 4) is 0 Å². The Morgan fingerprint density at radius 3 is 1.91 bits per heavy atom. The summed E-state index contributed by atoms with van der Waals surface area (Å²) >= 11 is 0. The van der Waals surface area contributed by atoms with Crippen molar-refractivity contribution in [2.45, 2.75) is 76.5 Å². The van der Waals surface area contributed by atoms with E-state index in [4.69, 9.17) is 22.9 Å². The summed E-state index contributed by atoms with van der Waals surface area (Å²) in [6.45, 7) is 3.62. The summed E-state index contributed by atoms with van der Waals surface area (Å²) in [5.41, 5.74) is 21.8. The Labute approximate surface area is 205 Å². The van der Waals surface area contributed by atoms with Gasteiger partial charge in [-0.05, 0) is 51.0 Å². The van der Waals surface area contributed by atoms with Gasteiger partial charge in [-0.2, -0.15) is 0 Å². The van der Waals surface area contributed by atoms with E-state index in [1.807, 2.05) is 13.8 Å². The Bertz CT molecular complexity index is 714. The van der Waals surface area contributed by atoms with Crippen molar-refractivity contribution in [3.63, 3.8) is 0 Å². The second-order valence-corrected chi connectivity index (χ2v) is 8.67. The van der Waals surface area contributed by atoms with E-state index in [-0.39, 0.29) is 31.3 Å². The highest BCUT2D eigenvalue weighted by Gasteiger charge is 2.29. The van der Waals surface area contributed by atoms with Gasteiger partial charge in [-0.15, -0.1) is 0 Å². The average Bonchev–Trinajstić information content (AvgIpc) is 2.77. The van der Waals surface area contributed by atoms with Gasteiger partial charge >= 0.3 is 5.97 Å². The summed E-state index contributed by atoms with van der Waals surface area (Å²) in [7, 11) is 0. The predicted molar refractivity (Wildman–Crippen MR) is 131 cm³/mol. The highest BCUT2D eigenvalue weighted by Crippen LogP contribution is 2.06. The van der Waals surface area contributed by atoms with E-state index < -0.39 is 54.5 Å². The summed E-state index contributed by atoms with van der Waals surface area (Å²) < 4.78 is 0. The molecule has 14 nitrogen and oxygen atoms in total. The molecule has 0 aromatic heterocycles. The number of rotatable bonds is 18. The van der Waals surface area contributed by atoms with Crippen LogP contribution in [0.15, 0.2) is 4.99 Å². The number of unbranched alkanes of at least 4 members (excludes halogenated alkanes) is 1. The Morgan fingerprint density at radius 1 is 0.857 bits per heavy atom. The molecule has 0 rings (SSSR count). The average molecular weight is 503 g/mol. The van der Waals surface area contributed by atoms with Crippen LogP contribution in [-0.2, 0) is 19.2 Å². The van der Waals surface area contributed by atoms with Crippen LogP contribution in [0.3, 0.4) is 0 Å². The van der Waals surface area contributed by atoms with Gasteiger partial charge in [0.2, 0.25) is 17.7 Å². The number of carboxylic acid groups (broad SMARTS) is 1. The molecule has 0 saturated carbocycles. The molecule has 0 saturated heterocycles. The molecule has 0 fully saturated rings. The van der Waals surface area contributed by atoms with E-state index >= 15 is 0 Å². The molecule has 0 aliphatic rings.